The molecule has 0 aliphatic carbocycles. The third-order valence-electron chi connectivity index (χ3n) is 5.01. The van der Waals surface area contributed by atoms with Crippen LogP contribution in [0, 0.1) is 11.7 Å². The number of likely N-dealkylation sites (tertiary alicyclic amines) is 1. The van der Waals surface area contributed by atoms with Crippen LogP contribution >= 0.6 is 0 Å². The SMILES string of the molecule is CC1CCC(c2ccc(F)cc2)N(C(=O)C(=O)Nc2cnc(N)c(C(F)(F)F)c2)C1. The number of pyridine rings is 1. The highest BCUT2D eigenvalue weighted by Gasteiger charge is 2.36. The zero-order valence-electron chi connectivity index (χ0n) is 16.0. The molecular weight excluding hydrogens is 404 g/mol. The fourth-order valence-corrected chi connectivity index (χ4v) is 3.49. The van der Waals surface area contributed by atoms with Gasteiger partial charge in [0.25, 0.3) is 0 Å². The Bertz CT molecular complexity index is 947. The van der Waals surface area contributed by atoms with Gasteiger partial charge in [0, 0.05) is 6.54 Å². The number of hydrogen-bond donors (Lipinski definition) is 2. The maximum Gasteiger partial charge on any atom is 0.420 e. The first kappa shape index (κ1) is 21.5. The molecule has 3 N–H and O–H groups in total. The molecule has 1 aromatic heterocycles. The molecule has 1 saturated heterocycles. The normalized spacial score (nSPS) is 19.4. The van der Waals surface area contributed by atoms with Crippen molar-refractivity contribution in [1.29, 1.82) is 0 Å². The zero-order chi connectivity index (χ0) is 22.1. The van der Waals surface area contributed by atoms with Crippen molar-refractivity contribution in [3.8, 4) is 0 Å². The Kier molecular flexibility index (Phi) is 5.95. The molecule has 2 heterocycles. The highest BCUT2D eigenvalue weighted by molar-refractivity contribution is 6.39. The highest BCUT2D eigenvalue weighted by Crippen LogP contribution is 2.35. The number of carbonyl (C=O) groups excluding carboxylic acids is 2. The van der Waals surface area contributed by atoms with Gasteiger partial charge >= 0.3 is 18.0 Å². The molecule has 0 spiro atoms. The number of hydrogen-bond acceptors (Lipinski definition) is 4. The number of nitrogens with two attached hydrogens (primary N) is 1. The van der Waals surface area contributed by atoms with Gasteiger partial charge in [0.2, 0.25) is 0 Å². The lowest BCUT2D eigenvalue weighted by atomic mass is 9.90. The molecule has 0 saturated carbocycles. The molecule has 2 atom stereocenters. The molecule has 160 valence electrons. The van der Waals surface area contributed by atoms with Crippen LogP contribution in [0.5, 0.6) is 0 Å². The fourth-order valence-electron chi connectivity index (χ4n) is 3.49. The summed E-state index contributed by atoms with van der Waals surface area (Å²) in [4.78, 5) is 30.1. The van der Waals surface area contributed by atoms with E-state index >= 15 is 0 Å². The van der Waals surface area contributed by atoms with Gasteiger partial charge in [-0.2, -0.15) is 13.2 Å². The first-order valence-corrected chi connectivity index (χ1v) is 9.26. The van der Waals surface area contributed by atoms with E-state index < -0.39 is 41.2 Å². The van der Waals surface area contributed by atoms with E-state index in [1.165, 1.54) is 17.0 Å². The van der Waals surface area contributed by atoms with E-state index in [9.17, 15) is 27.2 Å². The number of nitrogens with zero attached hydrogens (tertiary/aromatic N) is 2. The molecule has 6 nitrogen and oxygen atoms in total. The third kappa shape index (κ3) is 4.69. The Morgan fingerprint density at radius 2 is 1.87 bits per heavy atom. The van der Waals surface area contributed by atoms with E-state index in [-0.39, 0.29) is 11.6 Å². The van der Waals surface area contributed by atoms with Crippen LogP contribution in [-0.4, -0.2) is 28.2 Å². The minimum atomic E-state index is -4.75. The maximum atomic E-state index is 13.2. The van der Waals surface area contributed by atoms with Gasteiger partial charge in [-0.15, -0.1) is 0 Å². The lowest BCUT2D eigenvalue weighted by molar-refractivity contribution is -0.146. The number of rotatable bonds is 2. The Morgan fingerprint density at radius 1 is 1.20 bits per heavy atom. The quantitative estimate of drug-likeness (QED) is 0.568. The van der Waals surface area contributed by atoms with Crippen LogP contribution in [0.4, 0.5) is 29.1 Å². The first-order chi connectivity index (χ1) is 14.1. The van der Waals surface area contributed by atoms with Crippen molar-refractivity contribution in [2.75, 3.05) is 17.6 Å². The number of benzene rings is 1. The summed E-state index contributed by atoms with van der Waals surface area (Å²) in [5.74, 6) is -2.99. The molecule has 3 rings (SSSR count). The van der Waals surface area contributed by atoms with Crippen molar-refractivity contribution in [1.82, 2.24) is 9.88 Å². The predicted molar refractivity (Wildman–Crippen MR) is 102 cm³/mol. The number of nitrogen functional groups attached to an aromatic ring is 1. The van der Waals surface area contributed by atoms with Crippen LogP contribution in [0.25, 0.3) is 0 Å². The van der Waals surface area contributed by atoms with E-state index in [4.69, 9.17) is 5.73 Å². The molecule has 2 amide bonds. The van der Waals surface area contributed by atoms with Crippen molar-refractivity contribution in [3.63, 3.8) is 0 Å². The maximum absolute atomic E-state index is 13.2. The van der Waals surface area contributed by atoms with E-state index in [1.807, 2.05) is 6.92 Å². The minimum Gasteiger partial charge on any atom is -0.383 e. The Morgan fingerprint density at radius 3 is 2.50 bits per heavy atom. The first-order valence-electron chi connectivity index (χ1n) is 9.26. The zero-order valence-corrected chi connectivity index (χ0v) is 16.0. The summed E-state index contributed by atoms with van der Waals surface area (Å²) < 4.78 is 52.2. The van der Waals surface area contributed by atoms with Gasteiger partial charge in [0.15, 0.2) is 0 Å². The van der Waals surface area contributed by atoms with Crippen LogP contribution in [-0.2, 0) is 15.8 Å². The molecule has 30 heavy (non-hydrogen) atoms. The van der Waals surface area contributed by atoms with Gasteiger partial charge in [0.05, 0.1) is 23.5 Å². The monoisotopic (exact) mass is 424 g/mol. The summed E-state index contributed by atoms with van der Waals surface area (Å²) in [6.07, 6.45) is -2.42. The van der Waals surface area contributed by atoms with Crippen LogP contribution in [0.3, 0.4) is 0 Å². The number of aromatic nitrogens is 1. The molecule has 1 fully saturated rings. The smallest absolute Gasteiger partial charge is 0.383 e. The standard InChI is InChI=1S/C20H20F4N4O2/c1-11-2-7-16(12-3-5-13(21)6-4-12)28(10-11)19(30)18(29)27-14-8-15(20(22,23)24)17(25)26-9-14/h3-6,8-9,11,16H,2,7,10H2,1H3,(H2,25,26)(H,27,29). The molecule has 1 aromatic carbocycles. The topological polar surface area (TPSA) is 88.3 Å². The summed E-state index contributed by atoms with van der Waals surface area (Å²) in [5.41, 5.74) is 4.43. The van der Waals surface area contributed by atoms with Crippen molar-refractivity contribution in [3.05, 3.63) is 53.5 Å². The van der Waals surface area contributed by atoms with Gasteiger partial charge in [-0.1, -0.05) is 19.1 Å². The lowest BCUT2D eigenvalue weighted by Gasteiger charge is -2.38. The Labute approximate surface area is 170 Å². The Balaban J connectivity index is 1.81. The highest BCUT2D eigenvalue weighted by atomic mass is 19.4. The third-order valence-corrected chi connectivity index (χ3v) is 5.01. The molecule has 2 aromatic rings. The lowest BCUT2D eigenvalue weighted by Crippen LogP contribution is -2.46. The van der Waals surface area contributed by atoms with E-state index in [0.717, 1.165) is 12.6 Å². The van der Waals surface area contributed by atoms with Gasteiger partial charge in [-0.25, -0.2) is 9.37 Å². The summed E-state index contributed by atoms with van der Waals surface area (Å²) in [7, 11) is 0. The number of piperidine rings is 1. The number of amides is 2. The molecule has 0 radical (unpaired) electrons. The van der Waals surface area contributed by atoms with Gasteiger partial charge < -0.3 is 16.0 Å². The summed E-state index contributed by atoms with van der Waals surface area (Å²) in [5, 5.41) is 2.17. The Hall–Kier alpha value is -3.17. The summed E-state index contributed by atoms with van der Waals surface area (Å²) in [6.45, 7) is 2.22. The average molecular weight is 424 g/mol. The number of alkyl halides is 3. The summed E-state index contributed by atoms with van der Waals surface area (Å²) >= 11 is 0. The minimum absolute atomic E-state index is 0.133. The van der Waals surface area contributed by atoms with Gasteiger partial charge in [-0.05, 0) is 42.5 Å². The van der Waals surface area contributed by atoms with Crippen molar-refractivity contribution >= 4 is 23.3 Å². The van der Waals surface area contributed by atoms with E-state index in [0.29, 0.717) is 24.6 Å². The number of halogens is 4. The second-order valence-corrected chi connectivity index (χ2v) is 7.32. The van der Waals surface area contributed by atoms with E-state index in [2.05, 4.69) is 10.3 Å². The molecule has 2 unspecified atom stereocenters. The number of carbonyl (C=O) groups is 2. The van der Waals surface area contributed by atoms with Crippen LogP contribution in [0.15, 0.2) is 36.5 Å². The van der Waals surface area contributed by atoms with Crippen molar-refractivity contribution < 1.29 is 27.2 Å². The second kappa shape index (κ2) is 8.29. The number of anilines is 2. The second-order valence-electron chi connectivity index (χ2n) is 7.32. The molecule has 10 heteroatoms. The molecule has 0 bridgehead atoms. The van der Waals surface area contributed by atoms with Gasteiger partial charge in [-0.3, -0.25) is 9.59 Å². The molecular formula is C20H20F4N4O2. The van der Waals surface area contributed by atoms with Crippen molar-refractivity contribution in [2.45, 2.75) is 32.0 Å². The van der Waals surface area contributed by atoms with E-state index in [1.54, 1.807) is 12.1 Å². The van der Waals surface area contributed by atoms with Crippen molar-refractivity contribution in [2.24, 2.45) is 5.92 Å². The van der Waals surface area contributed by atoms with Crippen LogP contribution < -0.4 is 11.1 Å². The molecule has 1 aliphatic heterocycles. The van der Waals surface area contributed by atoms with Crippen LogP contribution in [0.1, 0.15) is 36.9 Å². The summed E-state index contributed by atoms with van der Waals surface area (Å²) in [6, 6.07) is 5.84. The fraction of sp³-hybridized carbons (Fsp3) is 0.350. The molecule has 1 aliphatic rings. The predicted octanol–water partition coefficient (Wildman–Crippen LogP) is 3.76. The van der Waals surface area contributed by atoms with Gasteiger partial charge in [0.1, 0.15) is 11.6 Å². The van der Waals surface area contributed by atoms with Crippen LogP contribution in [0.2, 0.25) is 0 Å². The number of nitrogens with one attached hydrogen (secondary N) is 1. The largest absolute Gasteiger partial charge is 0.420 e. The average Bonchev–Trinajstić information content (AvgIpc) is 2.68.